The van der Waals surface area contributed by atoms with E-state index >= 15 is 0 Å². The number of benzene rings is 2. The summed E-state index contributed by atoms with van der Waals surface area (Å²) in [6.45, 7) is 0. The van der Waals surface area contributed by atoms with Crippen LogP contribution in [0.15, 0.2) is 87.6 Å². The second-order valence-electron chi connectivity index (χ2n) is 6.63. The van der Waals surface area contributed by atoms with Crippen LogP contribution >= 0.6 is 11.3 Å². The number of hydrogen-bond acceptors (Lipinski definition) is 6. The minimum absolute atomic E-state index is 0.289. The molecule has 9 heteroatoms. The van der Waals surface area contributed by atoms with Crippen LogP contribution in [0.1, 0.15) is 10.4 Å². The van der Waals surface area contributed by atoms with Gasteiger partial charge < -0.3 is 5.32 Å². The number of carbonyl (C=O) groups is 1. The van der Waals surface area contributed by atoms with Crippen LogP contribution in [0.25, 0.3) is 27.6 Å². The summed E-state index contributed by atoms with van der Waals surface area (Å²) in [5, 5.41) is 13.2. The highest BCUT2D eigenvalue weighted by Gasteiger charge is 2.20. The first-order chi connectivity index (χ1) is 15.2. The molecule has 1 amide bonds. The summed E-state index contributed by atoms with van der Waals surface area (Å²) in [7, 11) is 0. The molecule has 0 saturated carbocycles. The fraction of sp³-hybridized carbons (Fsp3) is 0. The Kier molecular flexibility index (Phi) is 4.77. The molecule has 31 heavy (non-hydrogen) atoms. The smallest absolute Gasteiger partial charge is 0.322 e. The van der Waals surface area contributed by atoms with E-state index in [9.17, 15) is 9.59 Å². The van der Waals surface area contributed by atoms with Crippen LogP contribution < -0.4 is 11.1 Å². The van der Waals surface area contributed by atoms with Crippen molar-refractivity contribution >= 4 is 22.9 Å². The van der Waals surface area contributed by atoms with E-state index in [0.717, 1.165) is 10.6 Å². The lowest BCUT2D eigenvalue weighted by atomic mass is 10.1. The van der Waals surface area contributed by atoms with Crippen LogP contribution in [0, 0.1) is 0 Å². The summed E-state index contributed by atoms with van der Waals surface area (Å²) in [6, 6.07) is 20.4. The number of rotatable bonds is 5. The molecule has 0 aliphatic carbocycles. The van der Waals surface area contributed by atoms with Crippen molar-refractivity contribution in [2.45, 2.75) is 0 Å². The number of para-hydroxylation sites is 1. The van der Waals surface area contributed by atoms with Gasteiger partial charge in [-0.2, -0.15) is 5.10 Å². The SMILES string of the molecule is O=C(Nc1cccc(-c2noc(=O)[nH]2)c1)c1cn(-c2ccccc2)nc1-c1cccs1. The van der Waals surface area contributed by atoms with Gasteiger partial charge in [-0.05, 0) is 35.7 Å². The van der Waals surface area contributed by atoms with Crippen molar-refractivity contribution in [2.75, 3.05) is 5.32 Å². The molecule has 5 aromatic rings. The van der Waals surface area contributed by atoms with Gasteiger partial charge in [-0.3, -0.25) is 14.3 Å². The van der Waals surface area contributed by atoms with E-state index in [1.807, 2.05) is 47.8 Å². The maximum Gasteiger partial charge on any atom is 0.439 e. The average Bonchev–Trinajstić information content (AvgIpc) is 3.55. The Labute approximate surface area is 179 Å². The van der Waals surface area contributed by atoms with Crippen LogP contribution in [-0.4, -0.2) is 25.8 Å². The van der Waals surface area contributed by atoms with Gasteiger partial charge in [-0.1, -0.05) is 41.6 Å². The number of aromatic nitrogens is 4. The van der Waals surface area contributed by atoms with E-state index in [2.05, 4.69) is 25.1 Å². The van der Waals surface area contributed by atoms with Crippen molar-refractivity contribution in [3.63, 3.8) is 0 Å². The van der Waals surface area contributed by atoms with E-state index in [4.69, 9.17) is 0 Å². The van der Waals surface area contributed by atoms with Crippen molar-refractivity contribution in [1.29, 1.82) is 0 Å². The molecular formula is C22H15N5O3S. The molecule has 0 spiro atoms. The zero-order valence-electron chi connectivity index (χ0n) is 16.0. The summed E-state index contributed by atoms with van der Waals surface area (Å²) in [5.74, 6) is -0.646. The minimum Gasteiger partial charge on any atom is -0.322 e. The fourth-order valence-electron chi connectivity index (χ4n) is 3.15. The Hall–Kier alpha value is -4.24. The summed E-state index contributed by atoms with van der Waals surface area (Å²) >= 11 is 1.52. The van der Waals surface area contributed by atoms with Gasteiger partial charge in [0, 0.05) is 17.4 Å². The van der Waals surface area contributed by atoms with Gasteiger partial charge >= 0.3 is 5.76 Å². The quantitative estimate of drug-likeness (QED) is 0.436. The Bertz CT molecular complexity index is 1400. The van der Waals surface area contributed by atoms with Crippen LogP contribution in [0.4, 0.5) is 5.69 Å². The van der Waals surface area contributed by atoms with Gasteiger partial charge in [-0.15, -0.1) is 11.3 Å². The third-order valence-electron chi connectivity index (χ3n) is 4.57. The molecule has 0 bridgehead atoms. The lowest BCUT2D eigenvalue weighted by molar-refractivity contribution is 0.102. The number of amides is 1. The Morgan fingerprint density at radius 1 is 1.06 bits per heavy atom. The van der Waals surface area contributed by atoms with Crippen molar-refractivity contribution in [2.24, 2.45) is 0 Å². The van der Waals surface area contributed by atoms with Crippen LogP contribution in [0.3, 0.4) is 0 Å². The van der Waals surface area contributed by atoms with Gasteiger partial charge in [0.15, 0.2) is 5.82 Å². The standard InChI is InChI=1S/C22H15N5O3S/c28-21(23-15-7-4-6-14(12-15)20-24-22(29)30-26-20)17-13-27(16-8-2-1-3-9-16)25-19(17)18-10-5-11-31-18/h1-13H,(H,23,28)(H,24,26,29). The van der Waals surface area contributed by atoms with Crippen molar-refractivity contribution < 1.29 is 9.32 Å². The molecule has 0 aliphatic rings. The highest BCUT2D eigenvalue weighted by molar-refractivity contribution is 7.13. The van der Waals surface area contributed by atoms with Crippen molar-refractivity contribution in [1.82, 2.24) is 19.9 Å². The van der Waals surface area contributed by atoms with Crippen molar-refractivity contribution in [3.05, 3.63) is 94.4 Å². The topological polar surface area (TPSA) is 106 Å². The number of aromatic amines is 1. The third kappa shape index (κ3) is 3.81. The number of anilines is 1. The lowest BCUT2D eigenvalue weighted by Crippen LogP contribution is -2.12. The first-order valence-electron chi connectivity index (χ1n) is 9.34. The van der Waals surface area contributed by atoms with Gasteiger partial charge in [0.1, 0.15) is 5.69 Å². The number of nitrogens with zero attached hydrogens (tertiary/aromatic N) is 3. The molecule has 152 valence electrons. The number of thiophene rings is 1. The molecule has 2 aromatic carbocycles. The van der Waals surface area contributed by atoms with Gasteiger partial charge in [-0.25, -0.2) is 9.48 Å². The van der Waals surface area contributed by atoms with E-state index in [1.165, 1.54) is 11.3 Å². The molecule has 3 aromatic heterocycles. The maximum atomic E-state index is 13.2. The summed E-state index contributed by atoms with van der Waals surface area (Å²) < 4.78 is 6.25. The molecule has 0 radical (unpaired) electrons. The van der Waals surface area contributed by atoms with Gasteiger partial charge in [0.2, 0.25) is 0 Å². The van der Waals surface area contributed by atoms with Crippen LogP contribution in [-0.2, 0) is 0 Å². The molecule has 0 atom stereocenters. The summed E-state index contributed by atoms with van der Waals surface area (Å²) in [5.41, 5.74) is 3.08. The van der Waals surface area contributed by atoms with E-state index in [0.29, 0.717) is 22.5 Å². The van der Waals surface area contributed by atoms with E-state index in [-0.39, 0.29) is 11.7 Å². The second kappa shape index (κ2) is 7.88. The first kappa shape index (κ1) is 18.8. The molecule has 0 saturated heterocycles. The maximum absolute atomic E-state index is 13.2. The minimum atomic E-state index is -0.640. The molecule has 3 heterocycles. The number of hydrogen-bond donors (Lipinski definition) is 2. The predicted molar refractivity (Wildman–Crippen MR) is 117 cm³/mol. The number of nitrogens with one attached hydrogen (secondary N) is 2. The highest BCUT2D eigenvalue weighted by Crippen LogP contribution is 2.29. The largest absolute Gasteiger partial charge is 0.439 e. The molecule has 0 fully saturated rings. The van der Waals surface area contributed by atoms with Crippen LogP contribution in [0.2, 0.25) is 0 Å². The zero-order valence-corrected chi connectivity index (χ0v) is 16.8. The first-order valence-corrected chi connectivity index (χ1v) is 10.2. The Balaban J connectivity index is 1.49. The summed E-state index contributed by atoms with van der Waals surface area (Å²) in [4.78, 5) is 27.8. The Morgan fingerprint density at radius 3 is 2.68 bits per heavy atom. The predicted octanol–water partition coefficient (Wildman–Crippen LogP) is 4.20. The van der Waals surface area contributed by atoms with E-state index < -0.39 is 5.76 Å². The van der Waals surface area contributed by atoms with Crippen molar-refractivity contribution in [3.8, 4) is 27.6 Å². The molecular weight excluding hydrogens is 414 g/mol. The fourth-order valence-corrected chi connectivity index (χ4v) is 3.87. The van der Waals surface area contributed by atoms with Gasteiger partial charge in [0.05, 0.1) is 16.1 Å². The molecule has 2 N–H and O–H groups in total. The lowest BCUT2D eigenvalue weighted by Gasteiger charge is -2.06. The summed E-state index contributed by atoms with van der Waals surface area (Å²) in [6.07, 6.45) is 1.72. The molecule has 8 nitrogen and oxygen atoms in total. The zero-order chi connectivity index (χ0) is 21.2. The normalized spacial score (nSPS) is 10.8. The molecule has 0 unspecified atom stereocenters. The Morgan fingerprint density at radius 2 is 1.94 bits per heavy atom. The number of H-pyrrole nitrogens is 1. The third-order valence-corrected chi connectivity index (χ3v) is 5.44. The number of carbonyl (C=O) groups excluding carboxylic acids is 1. The van der Waals surface area contributed by atoms with Gasteiger partial charge in [0.25, 0.3) is 5.91 Å². The monoisotopic (exact) mass is 429 g/mol. The molecule has 5 rings (SSSR count). The molecule has 0 aliphatic heterocycles. The van der Waals surface area contributed by atoms with Crippen LogP contribution in [0.5, 0.6) is 0 Å². The second-order valence-corrected chi connectivity index (χ2v) is 7.58. The highest BCUT2D eigenvalue weighted by atomic mass is 32.1. The average molecular weight is 429 g/mol. The van der Waals surface area contributed by atoms with E-state index in [1.54, 1.807) is 35.1 Å².